The van der Waals surface area contributed by atoms with Gasteiger partial charge in [-0.15, -0.1) is 0 Å². The van der Waals surface area contributed by atoms with Gasteiger partial charge in [-0.25, -0.2) is 4.68 Å². The number of aromatic nitrogens is 2. The standard InChI is InChI=1S/C12H15BN2O3/c16-13(17)12-9-5-1-2-6-10(9)15(14-12)11-7-3-4-8-18-11/h1-2,5-6,11,16-17H,3-4,7-8H2. The van der Waals surface area contributed by atoms with Crippen molar-refractivity contribution in [2.24, 2.45) is 0 Å². The average molecular weight is 246 g/mol. The van der Waals surface area contributed by atoms with Gasteiger partial charge in [0, 0.05) is 12.0 Å². The van der Waals surface area contributed by atoms with Crippen LogP contribution in [0, 0.1) is 0 Å². The SMILES string of the molecule is OB(O)c1nn(C2CCCCO2)c2ccccc12. The van der Waals surface area contributed by atoms with Crippen LogP contribution in [0.4, 0.5) is 0 Å². The molecule has 1 atom stereocenters. The van der Waals surface area contributed by atoms with Crippen molar-refractivity contribution in [3.8, 4) is 0 Å². The van der Waals surface area contributed by atoms with E-state index in [2.05, 4.69) is 5.10 Å². The Morgan fingerprint density at radius 1 is 1.28 bits per heavy atom. The van der Waals surface area contributed by atoms with Gasteiger partial charge in [0.2, 0.25) is 0 Å². The molecule has 1 fully saturated rings. The predicted molar refractivity (Wildman–Crippen MR) is 68.4 cm³/mol. The first-order chi connectivity index (χ1) is 8.77. The Labute approximate surface area is 105 Å². The summed E-state index contributed by atoms with van der Waals surface area (Å²) in [6.07, 6.45) is 2.99. The molecule has 1 unspecified atom stereocenters. The van der Waals surface area contributed by atoms with E-state index < -0.39 is 7.12 Å². The van der Waals surface area contributed by atoms with Crippen molar-refractivity contribution in [3.05, 3.63) is 24.3 Å². The normalized spacial score (nSPS) is 20.2. The van der Waals surface area contributed by atoms with E-state index in [-0.39, 0.29) is 6.23 Å². The van der Waals surface area contributed by atoms with Crippen LogP contribution in [0.5, 0.6) is 0 Å². The third-order valence-corrected chi connectivity index (χ3v) is 3.32. The van der Waals surface area contributed by atoms with Gasteiger partial charge < -0.3 is 14.8 Å². The Hall–Kier alpha value is -1.37. The summed E-state index contributed by atoms with van der Waals surface area (Å²) in [6, 6.07) is 7.54. The number of para-hydroxylation sites is 1. The second kappa shape index (κ2) is 4.72. The summed E-state index contributed by atoms with van der Waals surface area (Å²) in [4.78, 5) is 0. The molecule has 1 aromatic heterocycles. The third-order valence-electron chi connectivity index (χ3n) is 3.32. The molecule has 2 heterocycles. The van der Waals surface area contributed by atoms with Gasteiger partial charge in [0.15, 0.2) is 6.23 Å². The maximum absolute atomic E-state index is 9.37. The Morgan fingerprint density at radius 2 is 2.11 bits per heavy atom. The molecule has 5 nitrogen and oxygen atoms in total. The Bertz CT molecular complexity index is 549. The molecule has 0 spiro atoms. The van der Waals surface area contributed by atoms with E-state index in [0.717, 1.165) is 36.8 Å². The number of ether oxygens (including phenoxy) is 1. The number of rotatable bonds is 2. The molecule has 2 aromatic rings. The highest BCUT2D eigenvalue weighted by atomic mass is 16.5. The van der Waals surface area contributed by atoms with Crippen LogP contribution in [0.3, 0.4) is 0 Å². The quantitative estimate of drug-likeness (QED) is 0.753. The summed E-state index contributed by atoms with van der Waals surface area (Å²) in [6.45, 7) is 0.732. The van der Waals surface area contributed by atoms with Crippen LogP contribution in [0.2, 0.25) is 0 Å². The van der Waals surface area contributed by atoms with Gasteiger partial charge in [-0.2, -0.15) is 5.10 Å². The summed E-state index contributed by atoms with van der Waals surface area (Å²) < 4.78 is 7.47. The lowest BCUT2D eigenvalue weighted by atomic mass is 9.84. The summed E-state index contributed by atoms with van der Waals surface area (Å²) in [7, 11) is -1.56. The zero-order chi connectivity index (χ0) is 12.5. The fourth-order valence-electron chi connectivity index (χ4n) is 2.44. The summed E-state index contributed by atoms with van der Waals surface area (Å²) >= 11 is 0. The van der Waals surface area contributed by atoms with E-state index >= 15 is 0 Å². The zero-order valence-electron chi connectivity index (χ0n) is 9.99. The highest BCUT2D eigenvalue weighted by Crippen LogP contribution is 2.25. The zero-order valence-corrected chi connectivity index (χ0v) is 9.99. The van der Waals surface area contributed by atoms with Gasteiger partial charge in [0.25, 0.3) is 0 Å². The molecule has 0 bridgehead atoms. The highest BCUT2D eigenvalue weighted by Gasteiger charge is 2.25. The largest absolute Gasteiger partial charge is 0.510 e. The number of benzene rings is 1. The van der Waals surface area contributed by atoms with Crippen molar-refractivity contribution >= 4 is 23.6 Å². The molecule has 0 radical (unpaired) electrons. The van der Waals surface area contributed by atoms with E-state index in [1.807, 2.05) is 24.3 Å². The maximum Gasteiger partial charge on any atom is 0.510 e. The van der Waals surface area contributed by atoms with Gasteiger partial charge in [-0.05, 0) is 25.3 Å². The molecular formula is C12H15BN2O3. The summed E-state index contributed by atoms with van der Waals surface area (Å²) in [5, 5.41) is 23.8. The van der Waals surface area contributed by atoms with E-state index in [1.54, 1.807) is 4.68 Å². The summed E-state index contributed by atoms with van der Waals surface area (Å²) in [5.74, 6) is 0. The molecule has 18 heavy (non-hydrogen) atoms. The van der Waals surface area contributed by atoms with E-state index in [9.17, 15) is 10.0 Å². The Kier molecular flexibility index (Phi) is 3.07. The molecule has 94 valence electrons. The van der Waals surface area contributed by atoms with Gasteiger partial charge in [-0.3, -0.25) is 0 Å². The van der Waals surface area contributed by atoms with Crippen LogP contribution in [0.25, 0.3) is 10.9 Å². The molecule has 6 heteroatoms. The van der Waals surface area contributed by atoms with Gasteiger partial charge >= 0.3 is 7.12 Å². The number of hydrogen-bond acceptors (Lipinski definition) is 4. The van der Waals surface area contributed by atoms with Gasteiger partial charge in [0.05, 0.1) is 5.52 Å². The molecule has 1 saturated heterocycles. The molecule has 0 saturated carbocycles. The number of hydrogen-bond donors (Lipinski definition) is 2. The van der Waals surface area contributed by atoms with Gasteiger partial charge in [-0.1, -0.05) is 18.2 Å². The van der Waals surface area contributed by atoms with Crippen molar-refractivity contribution < 1.29 is 14.8 Å². The van der Waals surface area contributed by atoms with Crippen molar-refractivity contribution in [2.75, 3.05) is 6.61 Å². The molecular weight excluding hydrogens is 231 g/mol. The second-order valence-corrected chi connectivity index (χ2v) is 4.54. The van der Waals surface area contributed by atoms with Crippen molar-refractivity contribution in [3.63, 3.8) is 0 Å². The van der Waals surface area contributed by atoms with Crippen LogP contribution in [-0.2, 0) is 4.74 Å². The fourth-order valence-corrected chi connectivity index (χ4v) is 2.44. The van der Waals surface area contributed by atoms with Crippen LogP contribution >= 0.6 is 0 Å². The first-order valence-electron chi connectivity index (χ1n) is 6.22. The minimum Gasteiger partial charge on any atom is -0.422 e. The van der Waals surface area contributed by atoms with Crippen molar-refractivity contribution in [2.45, 2.75) is 25.5 Å². The average Bonchev–Trinajstić information content (AvgIpc) is 2.79. The first-order valence-corrected chi connectivity index (χ1v) is 6.22. The van der Waals surface area contributed by atoms with Crippen LogP contribution in [-0.4, -0.2) is 33.6 Å². The topological polar surface area (TPSA) is 67.5 Å². The van der Waals surface area contributed by atoms with Crippen LogP contribution in [0.1, 0.15) is 25.5 Å². The number of fused-ring (bicyclic) bond motifs is 1. The second-order valence-electron chi connectivity index (χ2n) is 4.54. The van der Waals surface area contributed by atoms with Crippen molar-refractivity contribution in [1.29, 1.82) is 0 Å². The lowest BCUT2D eigenvalue weighted by Crippen LogP contribution is -2.33. The smallest absolute Gasteiger partial charge is 0.422 e. The molecule has 0 amide bonds. The van der Waals surface area contributed by atoms with Crippen LogP contribution < -0.4 is 5.59 Å². The van der Waals surface area contributed by atoms with Crippen LogP contribution in [0.15, 0.2) is 24.3 Å². The Balaban J connectivity index is 2.10. The summed E-state index contributed by atoms with van der Waals surface area (Å²) in [5.41, 5.74) is 1.17. The third kappa shape index (κ3) is 1.92. The van der Waals surface area contributed by atoms with E-state index in [0.29, 0.717) is 5.59 Å². The fraction of sp³-hybridized carbons (Fsp3) is 0.417. The lowest BCUT2D eigenvalue weighted by Gasteiger charge is -2.23. The molecule has 1 aromatic carbocycles. The minimum atomic E-state index is -1.56. The number of nitrogens with zero attached hydrogens (tertiary/aromatic N) is 2. The molecule has 0 aliphatic carbocycles. The Morgan fingerprint density at radius 3 is 2.83 bits per heavy atom. The molecule has 1 aliphatic rings. The predicted octanol–water partition coefficient (Wildman–Crippen LogP) is 0.415. The van der Waals surface area contributed by atoms with E-state index in [1.165, 1.54) is 0 Å². The van der Waals surface area contributed by atoms with Crippen molar-refractivity contribution in [1.82, 2.24) is 9.78 Å². The first kappa shape index (κ1) is 11.7. The monoisotopic (exact) mass is 246 g/mol. The molecule has 1 aliphatic heterocycles. The molecule has 3 rings (SSSR count). The minimum absolute atomic E-state index is 0.101. The lowest BCUT2D eigenvalue weighted by molar-refractivity contribution is -0.0364. The highest BCUT2D eigenvalue weighted by molar-refractivity contribution is 6.60. The van der Waals surface area contributed by atoms with E-state index in [4.69, 9.17) is 4.74 Å². The molecule has 2 N–H and O–H groups in total. The van der Waals surface area contributed by atoms with Gasteiger partial charge in [0.1, 0.15) is 5.59 Å². The maximum atomic E-state index is 9.37.